The molecule has 1 N–H and O–H groups in total. The zero-order chi connectivity index (χ0) is 13.8. The number of aromatic nitrogens is 2. The normalized spacial score (nSPS) is 23.1. The zero-order valence-corrected chi connectivity index (χ0v) is 12.4. The monoisotopic (exact) mass is 275 g/mol. The van der Waals surface area contributed by atoms with Crippen molar-refractivity contribution in [2.24, 2.45) is 0 Å². The van der Waals surface area contributed by atoms with Gasteiger partial charge in [-0.3, -0.25) is 9.88 Å². The molecule has 3 heterocycles. The maximum Gasteiger partial charge on any atom is 0.147 e. The van der Waals surface area contributed by atoms with Crippen molar-refractivity contribution in [3.8, 4) is 0 Å². The van der Waals surface area contributed by atoms with E-state index in [1.807, 2.05) is 12.4 Å². The smallest absolute Gasteiger partial charge is 0.147 e. The van der Waals surface area contributed by atoms with Crippen molar-refractivity contribution in [2.75, 3.05) is 37.6 Å². The van der Waals surface area contributed by atoms with E-state index < -0.39 is 0 Å². The molecule has 0 saturated carbocycles. The van der Waals surface area contributed by atoms with E-state index in [9.17, 15) is 0 Å². The van der Waals surface area contributed by atoms with Crippen molar-refractivity contribution < 1.29 is 0 Å². The van der Waals surface area contributed by atoms with Gasteiger partial charge in [0.25, 0.3) is 0 Å². The van der Waals surface area contributed by atoms with Crippen molar-refractivity contribution >= 4 is 5.82 Å². The standard InChI is InChI=1S/C15H25N5/c1-2-5-16-9-13-10-18-15(11-17-13)20-8-7-19-6-3-4-14(19)12-20/h10-11,14,16H,2-9,12H2,1H3. The average molecular weight is 275 g/mol. The van der Waals surface area contributed by atoms with Gasteiger partial charge in [-0.2, -0.15) is 0 Å². The first kappa shape index (κ1) is 13.8. The van der Waals surface area contributed by atoms with Crippen molar-refractivity contribution in [3.05, 3.63) is 18.1 Å². The Morgan fingerprint density at radius 1 is 1.25 bits per heavy atom. The molecule has 1 aromatic rings. The summed E-state index contributed by atoms with van der Waals surface area (Å²) in [5.74, 6) is 1.04. The molecule has 110 valence electrons. The van der Waals surface area contributed by atoms with Crippen molar-refractivity contribution in [1.82, 2.24) is 20.2 Å². The van der Waals surface area contributed by atoms with E-state index in [1.165, 1.54) is 25.9 Å². The van der Waals surface area contributed by atoms with Crippen LogP contribution in [0.25, 0.3) is 0 Å². The summed E-state index contributed by atoms with van der Waals surface area (Å²) in [6.45, 7) is 8.67. The number of rotatable bonds is 5. The summed E-state index contributed by atoms with van der Waals surface area (Å²) in [5, 5.41) is 3.36. The van der Waals surface area contributed by atoms with Crippen LogP contribution in [0.2, 0.25) is 0 Å². The molecule has 5 nitrogen and oxygen atoms in total. The van der Waals surface area contributed by atoms with Crippen LogP contribution in [-0.4, -0.2) is 53.6 Å². The van der Waals surface area contributed by atoms with Crippen LogP contribution >= 0.6 is 0 Å². The molecule has 3 rings (SSSR count). The van der Waals surface area contributed by atoms with Gasteiger partial charge in [0.2, 0.25) is 0 Å². The number of piperazine rings is 1. The fourth-order valence-electron chi connectivity index (χ4n) is 3.19. The molecule has 0 bridgehead atoms. The SMILES string of the molecule is CCCNCc1cnc(N2CCN3CCCC3C2)cn1. The minimum absolute atomic E-state index is 0.733. The van der Waals surface area contributed by atoms with Crippen LogP contribution in [0.3, 0.4) is 0 Å². The lowest BCUT2D eigenvalue weighted by Gasteiger charge is -2.37. The van der Waals surface area contributed by atoms with Crippen LogP contribution in [0.1, 0.15) is 31.9 Å². The number of hydrogen-bond acceptors (Lipinski definition) is 5. The second kappa shape index (κ2) is 6.50. The highest BCUT2D eigenvalue weighted by Gasteiger charge is 2.30. The predicted molar refractivity (Wildman–Crippen MR) is 80.8 cm³/mol. The maximum absolute atomic E-state index is 4.60. The van der Waals surface area contributed by atoms with Crippen molar-refractivity contribution in [1.29, 1.82) is 0 Å². The number of anilines is 1. The van der Waals surface area contributed by atoms with Crippen molar-refractivity contribution in [3.63, 3.8) is 0 Å². The zero-order valence-electron chi connectivity index (χ0n) is 12.4. The maximum atomic E-state index is 4.60. The number of nitrogens with one attached hydrogen (secondary N) is 1. The lowest BCUT2D eigenvalue weighted by Crippen LogP contribution is -2.50. The highest BCUT2D eigenvalue weighted by Crippen LogP contribution is 2.23. The van der Waals surface area contributed by atoms with Gasteiger partial charge in [0.1, 0.15) is 5.82 Å². The van der Waals surface area contributed by atoms with Crippen LogP contribution in [0.15, 0.2) is 12.4 Å². The lowest BCUT2D eigenvalue weighted by atomic mass is 10.1. The second-order valence-corrected chi connectivity index (χ2v) is 5.82. The van der Waals surface area contributed by atoms with Gasteiger partial charge in [-0.15, -0.1) is 0 Å². The number of nitrogens with zero attached hydrogens (tertiary/aromatic N) is 4. The fourth-order valence-corrected chi connectivity index (χ4v) is 3.19. The summed E-state index contributed by atoms with van der Waals surface area (Å²) in [4.78, 5) is 14.1. The second-order valence-electron chi connectivity index (χ2n) is 5.82. The fraction of sp³-hybridized carbons (Fsp3) is 0.733. The first-order valence-electron chi connectivity index (χ1n) is 7.87. The molecular weight excluding hydrogens is 250 g/mol. The van der Waals surface area contributed by atoms with Gasteiger partial charge < -0.3 is 10.2 Å². The Balaban J connectivity index is 1.57. The van der Waals surface area contributed by atoms with Gasteiger partial charge in [0, 0.05) is 32.2 Å². The van der Waals surface area contributed by atoms with E-state index >= 15 is 0 Å². The summed E-state index contributed by atoms with van der Waals surface area (Å²) in [6.07, 6.45) is 7.69. The molecule has 2 saturated heterocycles. The largest absolute Gasteiger partial charge is 0.352 e. The highest BCUT2D eigenvalue weighted by molar-refractivity contribution is 5.37. The van der Waals surface area contributed by atoms with Gasteiger partial charge >= 0.3 is 0 Å². The van der Waals surface area contributed by atoms with Gasteiger partial charge in [0.05, 0.1) is 18.1 Å². The Morgan fingerprint density at radius 3 is 3.00 bits per heavy atom. The Labute approximate surface area is 121 Å². The van der Waals surface area contributed by atoms with E-state index in [4.69, 9.17) is 0 Å². The van der Waals surface area contributed by atoms with Crippen molar-refractivity contribution in [2.45, 2.75) is 38.8 Å². The van der Waals surface area contributed by atoms with Gasteiger partial charge in [-0.1, -0.05) is 6.92 Å². The Bertz CT molecular complexity index is 419. The minimum Gasteiger partial charge on any atom is -0.352 e. The third-order valence-electron chi connectivity index (χ3n) is 4.34. The topological polar surface area (TPSA) is 44.3 Å². The van der Waals surface area contributed by atoms with Crippen LogP contribution in [0.5, 0.6) is 0 Å². The van der Waals surface area contributed by atoms with E-state index in [1.54, 1.807) is 0 Å². The molecule has 2 fully saturated rings. The predicted octanol–water partition coefficient (Wildman–Crippen LogP) is 1.26. The highest BCUT2D eigenvalue weighted by atomic mass is 15.3. The summed E-state index contributed by atoms with van der Waals surface area (Å²) in [6, 6.07) is 0.733. The minimum atomic E-state index is 0.733. The molecule has 0 radical (unpaired) electrons. The lowest BCUT2D eigenvalue weighted by molar-refractivity contribution is 0.230. The molecule has 5 heteroatoms. The first-order valence-corrected chi connectivity index (χ1v) is 7.87. The molecule has 1 aromatic heterocycles. The molecule has 1 atom stereocenters. The summed E-state index contributed by atoms with van der Waals surface area (Å²) < 4.78 is 0. The van der Waals surface area contributed by atoms with E-state index in [-0.39, 0.29) is 0 Å². The van der Waals surface area contributed by atoms with Crippen LogP contribution < -0.4 is 10.2 Å². The van der Waals surface area contributed by atoms with E-state index in [0.717, 1.165) is 50.2 Å². The van der Waals surface area contributed by atoms with E-state index in [0.29, 0.717) is 0 Å². The molecule has 2 aliphatic heterocycles. The Kier molecular flexibility index (Phi) is 4.47. The summed E-state index contributed by atoms with van der Waals surface area (Å²) in [5.41, 5.74) is 1.03. The molecule has 20 heavy (non-hydrogen) atoms. The summed E-state index contributed by atoms with van der Waals surface area (Å²) >= 11 is 0. The molecule has 0 spiro atoms. The molecular formula is C15H25N5. The first-order chi connectivity index (χ1) is 9.86. The quantitative estimate of drug-likeness (QED) is 0.820. The molecule has 1 unspecified atom stereocenters. The average Bonchev–Trinajstić information content (AvgIpc) is 2.96. The van der Waals surface area contributed by atoms with Crippen LogP contribution in [0.4, 0.5) is 5.82 Å². The van der Waals surface area contributed by atoms with Gasteiger partial charge in [-0.05, 0) is 32.4 Å². The van der Waals surface area contributed by atoms with Crippen LogP contribution in [0, 0.1) is 0 Å². The van der Waals surface area contributed by atoms with E-state index in [2.05, 4.69) is 32.0 Å². The van der Waals surface area contributed by atoms with Gasteiger partial charge in [-0.25, -0.2) is 4.98 Å². The molecule has 0 aromatic carbocycles. The molecule has 0 amide bonds. The Morgan fingerprint density at radius 2 is 2.20 bits per heavy atom. The molecule has 2 aliphatic rings. The summed E-state index contributed by atoms with van der Waals surface area (Å²) in [7, 11) is 0. The number of fused-ring (bicyclic) bond motifs is 1. The third kappa shape index (κ3) is 3.10. The Hall–Kier alpha value is -1.20. The third-order valence-corrected chi connectivity index (χ3v) is 4.34. The molecule has 0 aliphatic carbocycles. The van der Waals surface area contributed by atoms with Crippen LogP contribution in [-0.2, 0) is 6.54 Å². The van der Waals surface area contributed by atoms with Gasteiger partial charge in [0.15, 0.2) is 0 Å². The number of hydrogen-bond donors (Lipinski definition) is 1.